The molecule has 1 aromatic rings. The fourth-order valence-electron chi connectivity index (χ4n) is 1.85. The number of ether oxygens (including phenoxy) is 2. The fraction of sp³-hybridized carbons (Fsp3) is 0.500. The lowest BCUT2D eigenvalue weighted by atomic mass is 9.91. The van der Waals surface area contributed by atoms with E-state index in [-0.39, 0.29) is 12.6 Å². The maximum atomic E-state index is 12.1. The number of carbonyl (C=O) groups is 1. The maximum Gasteiger partial charge on any atom is 0.333 e. The molecule has 4 nitrogen and oxygen atoms in total. The molecule has 0 saturated carbocycles. The van der Waals surface area contributed by atoms with Crippen molar-refractivity contribution in [2.24, 2.45) is 0 Å². The van der Waals surface area contributed by atoms with E-state index in [0.717, 1.165) is 12.0 Å². The molecule has 0 aliphatic carbocycles. The van der Waals surface area contributed by atoms with Gasteiger partial charge < -0.3 is 9.47 Å². The zero-order chi connectivity index (χ0) is 13.4. The quantitative estimate of drug-likeness (QED) is 0.592. The van der Waals surface area contributed by atoms with Crippen LogP contribution in [-0.4, -0.2) is 33.3 Å². The highest BCUT2D eigenvalue weighted by molar-refractivity contribution is 5.82. The van der Waals surface area contributed by atoms with E-state index in [2.05, 4.69) is 5.32 Å². The molecule has 0 bridgehead atoms. The molecule has 0 aliphatic rings. The number of nitrogens with one attached hydrogen (secondary N) is 1. The molecular formula is C14H21NO3. The van der Waals surface area contributed by atoms with Crippen LogP contribution in [0.1, 0.15) is 18.9 Å². The second-order valence-electron chi connectivity index (χ2n) is 4.07. The van der Waals surface area contributed by atoms with Gasteiger partial charge in [-0.25, -0.2) is 4.79 Å². The van der Waals surface area contributed by atoms with Crippen LogP contribution in [0.15, 0.2) is 30.3 Å². The number of hydrogen-bond donors (Lipinski definition) is 1. The first-order valence-electron chi connectivity index (χ1n) is 6.12. The first kappa shape index (κ1) is 14.7. The van der Waals surface area contributed by atoms with Crippen molar-refractivity contribution in [1.29, 1.82) is 0 Å². The molecular weight excluding hydrogens is 230 g/mol. The van der Waals surface area contributed by atoms with Gasteiger partial charge in [0, 0.05) is 6.61 Å². The molecule has 1 unspecified atom stereocenters. The Balaban J connectivity index is 3.02. The van der Waals surface area contributed by atoms with Crippen LogP contribution in [0.4, 0.5) is 0 Å². The van der Waals surface area contributed by atoms with Crippen molar-refractivity contribution in [2.45, 2.75) is 18.9 Å². The average Bonchev–Trinajstić information content (AvgIpc) is 2.44. The summed E-state index contributed by atoms with van der Waals surface area (Å²) in [7, 11) is 3.12. The summed E-state index contributed by atoms with van der Waals surface area (Å²) in [4.78, 5) is 12.1. The number of esters is 1. The minimum absolute atomic E-state index is 0.258. The van der Waals surface area contributed by atoms with Crippen LogP contribution in [0.5, 0.6) is 0 Å². The summed E-state index contributed by atoms with van der Waals surface area (Å²) >= 11 is 0. The Bertz CT molecular complexity index is 367. The van der Waals surface area contributed by atoms with Crippen LogP contribution in [0.2, 0.25) is 0 Å². The second kappa shape index (κ2) is 7.13. The Hall–Kier alpha value is -1.39. The van der Waals surface area contributed by atoms with E-state index in [4.69, 9.17) is 9.47 Å². The Morgan fingerprint density at radius 2 is 2.00 bits per heavy atom. The van der Waals surface area contributed by atoms with E-state index in [0.29, 0.717) is 6.61 Å². The van der Waals surface area contributed by atoms with Gasteiger partial charge in [0.15, 0.2) is 5.54 Å². The van der Waals surface area contributed by atoms with Crippen LogP contribution >= 0.6 is 0 Å². The lowest BCUT2D eigenvalue weighted by molar-refractivity contribution is -0.152. The zero-order valence-corrected chi connectivity index (χ0v) is 11.2. The fourth-order valence-corrected chi connectivity index (χ4v) is 1.85. The van der Waals surface area contributed by atoms with Gasteiger partial charge in [0.1, 0.15) is 0 Å². The third-order valence-corrected chi connectivity index (χ3v) is 2.89. The van der Waals surface area contributed by atoms with E-state index in [1.165, 1.54) is 7.11 Å². The van der Waals surface area contributed by atoms with Crippen LogP contribution < -0.4 is 5.32 Å². The van der Waals surface area contributed by atoms with E-state index in [1.54, 1.807) is 7.05 Å². The Labute approximate surface area is 108 Å². The zero-order valence-electron chi connectivity index (χ0n) is 11.2. The van der Waals surface area contributed by atoms with E-state index < -0.39 is 5.54 Å². The summed E-state index contributed by atoms with van der Waals surface area (Å²) in [5.41, 5.74) is -0.0963. The Kier molecular flexibility index (Phi) is 5.82. The average molecular weight is 251 g/mol. The number of hydrogen-bond acceptors (Lipinski definition) is 4. The normalized spacial score (nSPS) is 13.9. The molecule has 18 heavy (non-hydrogen) atoms. The highest BCUT2D eigenvalue weighted by Crippen LogP contribution is 2.23. The highest BCUT2D eigenvalue weighted by atomic mass is 16.5. The van der Waals surface area contributed by atoms with Crippen LogP contribution in [0.3, 0.4) is 0 Å². The van der Waals surface area contributed by atoms with Gasteiger partial charge in [-0.3, -0.25) is 5.32 Å². The number of rotatable bonds is 7. The van der Waals surface area contributed by atoms with Gasteiger partial charge in [0.05, 0.1) is 13.7 Å². The molecule has 1 rings (SSSR count). The molecule has 0 spiro atoms. The standard InChI is InChI=1S/C14H21NO3/c1-4-10-18-11-14(15-2,13(16)17-3)12-8-6-5-7-9-12/h5-9,15H,4,10-11H2,1-3H3. The highest BCUT2D eigenvalue weighted by Gasteiger charge is 2.40. The molecule has 0 fully saturated rings. The topological polar surface area (TPSA) is 47.6 Å². The van der Waals surface area contributed by atoms with Gasteiger partial charge in [0.2, 0.25) is 0 Å². The summed E-state index contributed by atoms with van der Waals surface area (Å²) in [6, 6.07) is 9.48. The van der Waals surface area contributed by atoms with Crippen molar-refractivity contribution in [3.8, 4) is 0 Å². The van der Waals surface area contributed by atoms with Crippen molar-refractivity contribution < 1.29 is 14.3 Å². The Morgan fingerprint density at radius 3 is 2.50 bits per heavy atom. The molecule has 1 aromatic carbocycles. The summed E-state index contributed by atoms with van der Waals surface area (Å²) in [6.07, 6.45) is 0.912. The van der Waals surface area contributed by atoms with Gasteiger partial charge in [-0.05, 0) is 19.0 Å². The smallest absolute Gasteiger partial charge is 0.333 e. The van der Waals surface area contributed by atoms with Gasteiger partial charge in [-0.15, -0.1) is 0 Å². The van der Waals surface area contributed by atoms with E-state index in [1.807, 2.05) is 37.3 Å². The van der Waals surface area contributed by atoms with Gasteiger partial charge in [-0.1, -0.05) is 37.3 Å². The number of benzene rings is 1. The summed E-state index contributed by atoms with van der Waals surface area (Å²) in [6.45, 7) is 2.91. The number of carbonyl (C=O) groups excluding carboxylic acids is 1. The molecule has 4 heteroatoms. The second-order valence-corrected chi connectivity index (χ2v) is 4.07. The predicted octanol–water partition coefficient (Wildman–Crippen LogP) is 1.70. The molecule has 0 aromatic heterocycles. The lowest BCUT2D eigenvalue weighted by Crippen LogP contribution is -2.51. The summed E-state index contributed by atoms with van der Waals surface area (Å²) < 4.78 is 10.5. The van der Waals surface area contributed by atoms with Gasteiger partial charge in [-0.2, -0.15) is 0 Å². The monoisotopic (exact) mass is 251 g/mol. The first-order chi connectivity index (χ1) is 8.71. The molecule has 1 atom stereocenters. The SMILES string of the molecule is CCCOCC(NC)(C(=O)OC)c1ccccc1. The van der Waals surface area contributed by atoms with Gasteiger partial charge in [0.25, 0.3) is 0 Å². The van der Waals surface area contributed by atoms with Crippen LogP contribution in [0, 0.1) is 0 Å². The van der Waals surface area contributed by atoms with Crippen molar-refractivity contribution in [3.63, 3.8) is 0 Å². The maximum absolute atomic E-state index is 12.1. The summed E-state index contributed by atoms with van der Waals surface area (Å²) in [5, 5.41) is 3.04. The first-order valence-corrected chi connectivity index (χ1v) is 6.12. The molecule has 0 saturated heterocycles. The summed E-state index contributed by atoms with van der Waals surface area (Å²) in [5.74, 6) is -0.340. The minimum Gasteiger partial charge on any atom is -0.467 e. The van der Waals surface area contributed by atoms with Crippen molar-refractivity contribution >= 4 is 5.97 Å². The van der Waals surface area contributed by atoms with Crippen molar-refractivity contribution in [1.82, 2.24) is 5.32 Å². The number of likely N-dealkylation sites (N-methyl/N-ethyl adjacent to an activating group) is 1. The van der Waals surface area contributed by atoms with E-state index >= 15 is 0 Å². The molecule has 1 N–H and O–H groups in total. The van der Waals surface area contributed by atoms with Crippen LogP contribution in [0.25, 0.3) is 0 Å². The lowest BCUT2D eigenvalue weighted by Gasteiger charge is -2.30. The molecule has 0 aliphatic heterocycles. The van der Waals surface area contributed by atoms with Gasteiger partial charge >= 0.3 is 5.97 Å². The molecule has 0 radical (unpaired) electrons. The third-order valence-electron chi connectivity index (χ3n) is 2.89. The molecule has 0 amide bonds. The number of methoxy groups -OCH3 is 1. The predicted molar refractivity (Wildman–Crippen MR) is 70.3 cm³/mol. The minimum atomic E-state index is -0.939. The van der Waals surface area contributed by atoms with Crippen LogP contribution in [-0.2, 0) is 19.8 Å². The molecule has 100 valence electrons. The largest absolute Gasteiger partial charge is 0.467 e. The molecule has 0 heterocycles. The van der Waals surface area contributed by atoms with Crippen molar-refractivity contribution in [2.75, 3.05) is 27.4 Å². The Morgan fingerprint density at radius 1 is 1.33 bits per heavy atom. The van der Waals surface area contributed by atoms with Crippen molar-refractivity contribution in [3.05, 3.63) is 35.9 Å². The van der Waals surface area contributed by atoms with E-state index in [9.17, 15) is 4.79 Å². The third kappa shape index (κ3) is 3.09.